The fourth-order valence-corrected chi connectivity index (χ4v) is 2.35. The van der Waals surface area contributed by atoms with Gasteiger partial charge < -0.3 is 19.3 Å². The van der Waals surface area contributed by atoms with Crippen molar-refractivity contribution in [1.82, 2.24) is 15.0 Å². The average Bonchev–Trinajstić information content (AvgIpc) is 2.99. The summed E-state index contributed by atoms with van der Waals surface area (Å²) in [6.45, 7) is 1.17. The van der Waals surface area contributed by atoms with E-state index >= 15 is 0 Å². The lowest BCUT2D eigenvalue weighted by Gasteiger charge is -2.36. The van der Waals surface area contributed by atoms with E-state index in [4.69, 9.17) is 14.4 Å². The molecule has 1 N–H and O–H groups in total. The zero-order valence-electron chi connectivity index (χ0n) is 12.9. The summed E-state index contributed by atoms with van der Waals surface area (Å²) < 4.78 is 10.3. The normalized spacial score (nSPS) is 14.2. The van der Waals surface area contributed by atoms with E-state index in [9.17, 15) is 9.59 Å². The van der Waals surface area contributed by atoms with Gasteiger partial charge in [0.2, 0.25) is 5.89 Å². The average molecular weight is 331 g/mol. The van der Waals surface area contributed by atoms with Gasteiger partial charge in [-0.2, -0.15) is 4.98 Å². The molecule has 1 aliphatic rings. The predicted molar refractivity (Wildman–Crippen MR) is 81.2 cm³/mol. The number of carbonyl (C=O) groups is 2. The van der Waals surface area contributed by atoms with Crippen molar-refractivity contribution in [3.05, 3.63) is 47.6 Å². The summed E-state index contributed by atoms with van der Waals surface area (Å²) in [5, 5.41) is 12.5. The van der Waals surface area contributed by atoms with E-state index in [0.29, 0.717) is 24.8 Å². The van der Waals surface area contributed by atoms with Gasteiger partial charge in [0.15, 0.2) is 5.82 Å². The third-order valence-corrected chi connectivity index (χ3v) is 3.75. The molecule has 2 aromatic rings. The smallest absolute Gasteiger partial charge is 0.410 e. The Bertz CT molecular complexity index is 710. The molecule has 0 saturated carbocycles. The Morgan fingerprint density at radius 2 is 2.04 bits per heavy atom. The Labute approximate surface area is 138 Å². The Morgan fingerprint density at radius 1 is 1.29 bits per heavy atom. The van der Waals surface area contributed by atoms with Crippen LogP contribution in [0.2, 0.25) is 0 Å². The van der Waals surface area contributed by atoms with Crippen LogP contribution in [-0.2, 0) is 22.6 Å². The first-order valence-electron chi connectivity index (χ1n) is 7.61. The molecule has 0 aliphatic carbocycles. The number of carbonyl (C=O) groups excluding carboxylic acids is 1. The molecule has 0 atom stereocenters. The van der Waals surface area contributed by atoms with Crippen LogP contribution in [-0.4, -0.2) is 45.3 Å². The van der Waals surface area contributed by atoms with E-state index in [1.807, 2.05) is 30.3 Å². The molecule has 24 heavy (non-hydrogen) atoms. The van der Waals surface area contributed by atoms with E-state index in [1.165, 1.54) is 0 Å². The summed E-state index contributed by atoms with van der Waals surface area (Å²) in [4.78, 5) is 28.2. The zero-order chi connectivity index (χ0) is 16.9. The number of benzene rings is 1. The Morgan fingerprint density at radius 3 is 2.75 bits per heavy atom. The molecule has 0 unspecified atom stereocenters. The lowest BCUT2D eigenvalue weighted by molar-refractivity contribution is -0.137. The van der Waals surface area contributed by atoms with Crippen molar-refractivity contribution in [1.29, 1.82) is 0 Å². The van der Waals surface area contributed by atoms with Crippen molar-refractivity contribution < 1.29 is 24.0 Å². The highest BCUT2D eigenvalue weighted by molar-refractivity contribution is 5.69. The van der Waals surface area contributed by atoms with Crippen LogP contribution < -0.4 is 0 Å². The number of amides is 1. The number of carboxylic acid groups (broad SMARTS) is 1. The minimum Gasteiger partial charge on any atom is -0.481 e. The number of hydrogen-bond acceptors (Lipinski definition) is 6. The minimum atomic E-state index is -0.911. The number of aryl methyl sites for hydroxylation is 1. The first kappa shape index (κ1) is 16.0. The van der Waals surface area contributed by atoms with Gasteiger partial charge in [-0.25, -0.2) is 4.79 Å². The van der Waals surface area contributed by atoms with Crippen molar-refractivity contribution in [2.45, 2.75) is 25.4 Å². The summed E-state index contributed by atoms with van der Waals surface area (Å²) in [6, 6.07) is 9.47. The molecule has 0 bridgehead atoms. The van der Waals surface area contributed by atoms with Gasteiger partial charge in [0.25, 0.3) is 0 Å². The molecule has 2 heterocycles. The van der Waals surface area contributed by atoms with Gasteiger partial charge in [0, 0.05) is 19.5 Å². The molecule has 0 spiro atoms. The van der Waals surface area contributed by atoms with Gasteiger partial charge in [0.1, 0.15) is 6.61 Å². The Hall–Kier alpha value is -2.90. The molecule has 1 fully saturated rings. The van der Waals surface area contributed by atoms with E-state index in [-0.39, 0.29) is 31.5 Å². The maximum absolute atomic E-state index is 11.9. The second-order valence-corrected chi connectivity index (χ2v) is 5.58. The number of nitrogens with zero attached hydrogens (tertiary/aromatic N) is 3. The fourth-order valence-electron chi connectivity index (χ4n) is 2.35. The van der Waals surface area contributed by atoms with Crippen molar-refractivity contribution in [3.63, 3.8) is 0 Å². The third-order valence-electron chi connectivity index (χ3n) is 3.75. The topological polar surface area (TPSA) is 106 Å². The molecule has 126 valence electrons. The van der Waals surface area contributed by atoms with Crippen LogP contribution in [0.5, 0.6) is 0 Å². The summed E-state index contributed by atoms with van der Waals surface area (Å²) in [7, 11) is 0. The summed E-state index contributed by atoms with van der Waals surface area (Å²) in [5.74, 6) is -0.109. The molecular weight excluding hydrogens is 314 g/mol. The van der Waals surface area contributed by atoms with Crippen LogP contribution in [0.4, 0.5) is 4.79 Å². The molecular formula is C16H17N3O5. The highest BCUT2D eigenvalue weighted by atomic mass is 16.6. The highest BCUT2D eigenvalue weighted by Crippen LogP contribution is 2.25. The van der Waals surface area contributed by atoms with Crippen LogP contribution >= 0.6 is 0 Å². The largest absolute Gasteiger partial charge is 0.481 e. The van der Waals surface area contributed by atoms with Gasteiger partial charge in [0.05, 0.1) is 12.3 Å². The standard InChI is InChI=1S/C16H17N3O5/c20-14(21)7-6-13-17-15(18-24-13)12-8-19(9-12)16(22)23-10-11-4-2-1-3-5-11/h1-5,12H,6-10H2,(H,20,21). The number of likely N-dealkylation sites (tertiary alicyclic amines) is 1. The molecule has 1 aliphatic heterocycles. The van der Waals surface area contributed by atoms with Crippen LogP contribution in [0.3, 0.4) is 0 Å². The van der Waals surface area contributed by atoms with E-state index in [0.717, 1.165) is 5.56 Å². The molecule has 1 amide bonds. The number of carboxylic acids is 1. The quantitative estimate of drug-likeness (QED) is 0.860. The van der Waals surface area contributed by atoms with E-state index in [2.05, 4.69) is 10.1 Å². The summed E-state index contributed by atoms with van der Waals surface area (Å²) in [6.07, 6.45) is -0.216. The maximum atomic E-state index is 11.9. The summed E-state index contributed by atoms with van der Waals surface area (Å²) in [5.41, 5.74) is 0.934. The zero-order valence-corrected chi connectivity index (χ0v) is 12.9. The molecule has 0 radical (unpaired) electrons. The third kappa shape index (κ3) is 3.89. The lowest BCUT2D eigenvalue weighted by Crippen LogP contribution is -2.49. The van der Waals surface area contributed by atoms with Crippen LogP contribution in [0.25, 0.3) is 0 Å². The molecule has 8 nitrogen and oxygen atoms in total. The second-order valence-electron chi connectivity index (χ2n) is 5.58. The fraction of sp³-hybridized carbons (Fsp3) is 0.375. The molecule has 3 rings (SSSR count). The van der Waals surface area contributed by atoms with Crippen molar-refractivity contribution in [3.8, 4) is 0 Å². The number of ether oxygens (including phenoxy) is 1. The van der Waals surface area contributed by atoms with Gasteiger partial charge >= 0.3 is 12.1 Å². The molecule has 8 heteroatoms. The SMILES string of the molecule is O=C(O)CCc1nc(C2CN(C(=O)OCc3ccccc3)C2)no1. The van der Waals surface area contributed by atoms with Crippen LogP contribution in [0.15, 0.2) is 34.9 Å². The van der Waals surface area contributed by atoms with Gasteiger partial charge in [-0.15, -0.1) is 0 Å². The number of rotatable bonds is 6. The van der Waals surface area contributed by atoms with Crippen LogP contribution in [0, 0.1) is 0 Å². The Kier molecular flexibility index (Phi) is 4.74. The lowest BCUT2D eigenvalue weighted by atomic mass is 10.0. The monoisotopic (exact) mass is 331 g/mol. The maximum Gasteiger partial charge on any atom is 0.410 e. The molecule has 1 aromatic carbocycles. The minimum absolute atomic E-state index is 0.00315. The van der Waals surface area contributed by atoms with Gasteiger partial charge in [-0.1, -0.05) is 35.5 Å². The van der Waals surface area contributed by atoms with Gasteiger partial charge in [-0.3, -0.25) is 4.79 Å². The van der Waals surface area contributed by atoms with Crippen molar-refractivity contribution in [2.24, 2.45) is 0 Å². The van der Waals surface area contributed by atoms with Gasteiger partial charge in [-0.05, 0) is 5.56 Å². The van der Waals surface area contributed by atoms with E-state index < -0.39 is 5.97 Å². The molecule has 1 aromatic heterocycles. The number of aliphatic carboxylic acids is 1. The first-order chi connectivity index (χ1) is 11.6. The molecule has 1 saturated heterocycles. The predicted octanol–water partition coefficient (Wildman–Crippen LogP) is 1.82. The van der Waals surface area contributed by atoms with Crippen molar-refractivity contribution >= 4 is 12.1 Å². The van der Waals surface area contributed by atoms with Crippen LogP contribution in [0.1, 0.15) is 29.6 Å². The summed E-state index contributed by atoms with van der Waals surface area (Å²) >= 11 is 0. The second kappa shape index (κ2) is 7.12. The Balaban J connectivity index is 1.43. The van der Waals surface area contributed by atoms with Crippen molar-refractivity contribution in [2.75, 3.05) is 13.1 Å². The number of aromatic nitrogens is 2. The number of hydrogen-bond donors (Lipinski definition) is 1. The van der Waals surface area contributed by atoms with E-state index in [1.54, 1.807) is 4.90 Å². The first-order valence-corrected chi connectivity index (χ1v) is 7.61. The highest BCUT2D eigenvalue weighted by Gasteiger charge is 2.35.